The van der Waals surface area contributed by atoms with Gasteiger partial charge in [0.1, 0.15) is 5.76 Å². The molecule has 0 radical (unpaired) electrons. The number of ether oxygens (including phenoxy) is 1. The molecule has 0 fully saturated rings. The van der Waals surface area contributed by atoms with Gasteiger partial charge in [-0.2, -0.15) is 0 Å². The second-order valence-corrected chi connectivity index (χ2v) is 3.90. The SMILES string of the molecule is CCCCOC(=O)CC(CC)c1ccco1. The molecule has 1 unspecified atom stereocenters. The number of carbonyl (C=O) groups is 1. The Bertz CT molecular complexity index is 290. The maximum absolute atomic E-state index is 11.5. The Balaban J connectivity index is 2.36. The first kappa shape index (κ1) is 12.8. The van der Waals surface area contributed by atoms with Gasteiger partial charge < -0.3 is 9.15 Å². The van der Waals surface area contributed by atoms with E-state index in [4.69, 9.17) is 9.15 Å². The van der Waals surface area contributed by atoms with Crippen LogP contribution in [-0.2, 0) is 9.53 Å². The first-order valence-corrected chi connectivity index (χ1v) is 5.97. The molecule has 0 spiro atoms. The monoisotopic (exact) mass is 224 g/mol. The van der Waals surface area contributed by atoms with Gasteiger partial charge in [-0.15, -0.1) is 0 Å². The minimum Gasteiger partial charge on any atom is -0.469 e. The predicted octanol–water partition coefficient (Wildman–Crippen LogP) is 3.51. The number of carbonyl (C=O) groups excluding carboxylic acids is 1. The van der Waals surface area contributed by atoms with Gasteiger partial charge in [0.25, 0.3) is 0 Å². The molecule has 3 heteroatoms. The fraction of sp³-hybridized carbons (Fsp3) is 0.615. The van der Waals surface area contributed by atoms with E-state index in [-0.39, 0.29) is 11.9 Å². The van der Waals surface area contributed by atoms with E-state index in [1.165, 1.54) is 0 Å². The van der Waals surface area contributed by atoms with Crippen LogP contribution in [-0.4, -0.2) is 12.6 Å². The summed E-state index contributed by atoms with van der Waals surface area (Å²) in [6.07, 6.45) is 4.91. The summed E-state index contributed by atoms with van der Waals surface area (Å²) in [5, 5.41) is 0. The van der Waals surface area contributed by atoms with Gasteiger partial charge in [-0.25, -0.2) is 0 Å². The molecular weight excluding hydrogens is 204 g/mol. The van der Waals surface area contributed by atoms with Crippen LogP contribution >= 0.6 is 0 Å². The molecule has 90 valence electrons. The van der Waals surface area contributed by atoms with Crippen molar-refractivity contribution in [1.82, 2.24) is 0 Å². The molecule has 1 aromatic rings. The molecule has 0 aliphatic heterocycles. The number of furan rings is 1. The van der Waals surface area contributed by atoms with Gasteiger partial charge >= 0.3 is 5.97 Å². The summed E-state index contributed by atoms with van der Waals surface area (Å²) in [6.45, 7) is 4.65. The van der Waals surface area contributed by atoms with Crippen molar-refractivity contribution >= 4 is 5.97 Å². The smallest absolute Gasteiger partial charge is 0.306 e. The largest absolute Gasteiger partial charge is 0.469 e. The lowest BCUT2D eigenvalue weighted by atomic mass is 10.00. The maximum Gasteiger partial charge on any atom is 0.306 e. The molecule has 1 rings (SSSR count). The predicted molar refractivity (Wildman–Crippen MR) is 62.2 cm³/mol. The zero-order valence-corrected chi connectivity index (χ0v) is 10.1. The average molecular weight is 224 g/mol. The van der Waals surface area contributed by atoms with Crippen LogP contribution in [0.1, 0.15) is 51.2 Å². The standard InChI is InChI=1S/C13H20O3/c1-3-5-8-16-13(14)10-11(4-2)12-7-6-9-15-12/h6-7,9,11H,3-5,8,10H2,1-2H3. The highest BCUT2D eigenvalue weighted by Gasteiger charge is 2.17. The second-order valence-electron chi connectivity index (χ2n) is 3.90. The van der Waals surface area contributed by atoms with Crippen LogP contribution in [0.15, 0.2) is 22.8 Å². The normalized spacial score (nSPS) is 12.4. The minimum absolute atomic E-state index is 0.128. The van der Waals surface area contributed by atoms with Crippen LogP contribution < -0.4 is 0 Å². The lowest BCUT2D eigenvalue weighted by Crippen LogP contribution is -2.10. The second kappa shape index (κ2) is 7.09. The van der Waals surface area contributed by atoms with Crippen molar-refractivity contribution in [1.29, 1.82) is 0 Å². The van der Waals surface area contributed by atoms with Gasteiger partial charge in [0.15, 0.2) is 0 Å². The Hall–Kier alpha value is -1.25. The lowest BCUT2D eigenvalue weighted by molar-refractivity contribution is -0.144. The summed E-state index contributed by atoms with van der Waals surface area (Å²) in [4.78, 5) is 11.5. The molecule has 0 saturated heterocycles. The van der Waals surface area contributed by atoms with Gasteiger partial charge in [0.05, 0.1) is 19.3 Å². The highest BCUT2D eigenvalue weighted by atomic mass is 16.5. The van der Waals surface area contributed by atoms with Gasteiger partial charge in [-0.05, 0) is 25.0 Å². The third-order valence-electron chi connectivity index (χ3n) is 2.61. The van der Waals surface area contributed by atoms with E-state index in [1.54, 1.807) is 6.26 Å². The van der Waals surface area contributed by atoms with E-state index in [0.29, 0.717) is 13.0 Å². The number of hydrogen-bond acceptors (Lipinski definition) is 3. The average Bonchev–Trinajstić information content (AvgIpc) is 2.79. The van der Waals surface area contributed by atoms with Crippen LogP contribution in [0.25, 0.3) is 0 Å². The Kier molecular flexibility index (Phi) is 5.68. The van der Waals surface area contributed by atoms with Crippen molar-refractivity contribution in [2.75, 3.05) is 6.61 Å². The number of unbranched alkanes of at least 4 members (excludes halogenated alkanes) is 1. The fourth-order valence-electron chi connectivity index (χ4n) is 1.56. The summed E-state index contributed by atoms with van der Waals surface area (Å²) in [6, 6.07) is 3.76. The molecule has 0 N–H and O–H groups in total. The van der Waals surface area contributed by atoms with Gasteiger partial charge in [-0.3, -0.25) is 4.79 Å². The molecule has 1 aromatic heterocycles. The molecule has 0 aliphatic rings. The third kappa shape index (κ3) is 4.09. The van der Waals surface area contributed by atoms with Crippen molar-refractivity contribution < 1.29 is 13.9 Å². The highest BCUT2D eigenvalue weighted by molar-refractivity contribution is 5.70. The molecule has 0 saturated carbocycles. The fourth-order valence-corrected chi connectivity index (χ4v) is 1.56. The summed E-state index contributed by atoms with van der Waals surface area (Å²) in [5.74, 6) is 0.885. The van der Waals surface area contributed by atoms with Crippen LogP contribution in [0, 0.1) is 0 Å². The molecule has 0 amide bonds. The van der Waals surface area contributed by atoms with E-state index in [2.05, 4.69) is 6.92 Å². The van der Waals surface area contributed by atoms with Crippen molar-refractivity contribution in [3.63, 3.8) is 0 Å². The highest BCUT2D eigenvalue weighted by Crippen LogP contribution is 2.23. The van der Waals surface area contributed by atoms with E-state index in [1.807, 2.05) is 19.1 Å². The van der Waals surface area contributed by atoms with E-state index < -0.39 is 0 Å². The molecule has 3 nitrogen and oxygen atoms in total. The number of hydrogen-bond donors (Lipinski definition) is 0. The summed E-state index contributed by atoms with van der Waals surface area (Å²) in [7, 11) is 0. The van der Waals surface area contributed by atoms with Crippen molar-refractivity contribution in [2.45, 2.75) is 45.4 Å². The molecule has 0 aromatic carbocycles. The maximum atomic E-state index is 11.5. The topological polar surface area (TPSA) is 39.4 Å². The van der Waals surface area contributed by atoms with Gasteiger partial charge in [-0.1, -0.05) is 20.3 Å². The van der Waals surface area contributed by atoms with Crippen LogP contribution in [0.5, 0.6) is 0 Å². The molecule has 0 aliphatic carbocycles. The zero-order chi connectivity index (χ0) is 11.8. The Morgan fingerprint density at radius 3 is 2.88 bits per heavy atom. The molecule has 0 bridgehead atoms. The van der Waals surface area contributed by atoms with E-state index in [0.717, 1.165) is 25.0 Å². The van der Waals surface area contributed by atoms with Crippen LogP contribution in [0.2, 0.25) is 0 Å². The zero-order valence-electron chi connectivity index (χ0n) is 10.1. The van der Waals surface area contributed by atoms with Gasteiger partial charge in [0, 0.05) is 5.92 Å². The Labute approximate surface area is 96.8 Å². The van der Waals surface area contributed by atoms with Crippen molar-refractivity contribution in [3.8, 4) is 0 Å². The molecule has 1 atom stereocenters. The van der Waals surface area contributed by atoms with Crippen LogP contribution in [0.4, 0.5) is 0 Å². The molecule has 1 heterocycles. The summed E-state index contributed by atoms with van der Waals surface area (Å²) < 4.78 is 10.4. The summed E-state index contributed by atoms with van der Waals surface area (Å²) >= 11 is 0. The first-order chi connectivity index (χ1) is 7.77. The minimum atomic E-state index is -0.128. The Morgan fingerprint density at radius 2 is 2.31 bits per heavy atom. The quantitative estimate of drug-likeness (QED) is 0.525. The van der Waals surface area contributed by atoms with Crippen LogP contribution in [0.3, 0.4) is 0 Å². The van der Waals surface area contributed by atoms with E-state index >= 15 is 0 Å². The summed E-state index contributed by atoms with van der Waals surface area (Å²) in [5.41, 5.74) is 0. The first-order valence-electron chi connectivity index (χ1n) is 5.97. The lowest BCUT2D eigenvalue weighted by Gasteiger charge is -2.11. The van der Waals surface area contributed by atoms with E-state index in [9.17, 15) is 4.79 Å². The number of rotatable bonds is 7. The van der Waals surface area contributed by atoms with Gasteiger partial charge in [0.2, 0.25) is 0 Å². The van der Waals surface area contributed by atoms with Crippen molar-refractivity contribution in [3.05, 3.63) is 24.2 Å². The van der Waals surface area contributed by atoms with Crippen molar-refractivity contribution in [2.24, 2.45) is 0 Å². The third-order valence-corrected chi connectivity index (χ3v) is 2.61. The molecular formula is C13H20O3. The number of esters is 1. The molecule has 16 heavy (non-hydrogen) atoms. The Morgan fingerprint density at radius 1 is 1.50 bits per heavy atom.